The van der Waals surface area contributed by atoms with Crippen LogP contribution in [0.4, 0.5) is 8.78 Å². The van der Waals surface area contributed by atoms with Crippen molar-refractivity contribution in [2.45, 2.75) is 44.3 Å². The molecule has 0 bridgehead atoms. The van der Waals surface area contributed by atoms with Crippen molar-refractivity contribution in [3.63, 3.8) is 0 Å². The Morgan fingerprint density at radius 3 is 2.61 bits per heavy atom. The minimum Gasteiger partial charge on any atom is -0.393 e. The maximum absolute atomic E-state index is 13.0. The van der Waals surface area contributed by atoms with Crippen molar-refractivity contribution in [3.8, 4) is 0 Å². The molecule has 2 unspecified atom stereocenters. The second kappa shape index (κ2) is 6.25. The van der Waals surface area contributed by atoms with Crippen LogP contribution in [0, 0.1) is 11.6 Å². The molecular weight excluding hydrogens is 238 g/mol. The number of hydrogen-bond acceptors (Lipinski definition) is 2. The first kappa shape index (κ1) is 13.4. The summed E-state index contributed by atoms with van der Waals surface area (Å²) in [6.07, 6.45) is 3.47. The second-order valence-electron chi connectivity index (χ2n) is 4.85. The van der Waals surface area contributed by atoms with E-state index < -0.39 is 17.7 Å². The van der Waals surface area contributed by atoms with Gasteiger partial charge in [-0.1, -0.05) is 0 Å². The van der Waals surface area contributed by atoms with E-state index in [1.54, 1.807) is 0 Å². The number of benzene rings is 1. The van der Waals surface area contributed by atoms with Crippen LogP contribution in [0.3, 0.4) is 0 Å². The van der Waals surface area contributed by atoms with Gasteiger partial charge in [0.15, 0.2) is 0 Å². The molecule has 0 aromatic heterocycles. The molecule has 1 aliphatic rings. The Morgan fingerprint density at radius 2 is 2.00 bits per heavy atom. The van der Waals surface area contributed by atoms with Crippen LogP contribution in [0.2, 0.25) is 0 Å². The maximum Gasteiger partial charge on any atom is 0.126 e. The molecule has 0 amide bonds. The van der Waals surface area contributed by atoms with Gasteiger partial charge in [0.05, 0.1) is 12.2 Å². The molecule has 1 aromatic carbocycles. The lowest BCUT2D eigenvalue weighted by Gasteiger charge is -2.14. The van der Waals surface area contributed by atoms with E-state index in [-0.39, 0.29) is 12.5 Å². The number of rotatable bonds is 5. The van der Waals surface area contributed by atoms with Gasteiger partial charge in [-0.15, -0.1) is 0 Å². The maximum atomic E-state index is 13.0. The monoisotopic (exact) mass is 256 g/mol. The number of hydrogen-bond donors (Lipinski definition) is 1. The molecule has 2 atom stereocenters. The Labute approximate surface area is 106 Å². The zero-order chi connectivity index (χ0) is 13.0. The lowest BCUT2D eigenvalue weighted by molar-refractivity contribution is 0.0813. The van der Waals surface area contributed by atoms with Gasteiger partial charge in [0.2, 0.25) is 0 Å². The number of halogens is 2. The van der Waals surface area contributed by atoms with E-state index in [4.69, 9.17) is 4.74 Å². The molecule has 0 spiro atoms. The van der Waals surface area contributed by atoms with Gasteiger partial charge < -0.3 is 9.84 Å². The van der Waals surface area contributed by atoms with Gasteiger partial charge in [0, 0.05) is 12.7 Å². The van der Waals surface area contributed by atoms with Gasteiger partial charge in [0.25, 0.3) is 0 Å². The number of ether oxygens (including phenoxy) is 1. The number of aliphatic hydroxyl groups excluding tert-OH is 1. The molecule has 0 radical (unpaired) electrons. The highest BCUT2D eigenvalue weighted by Crippen LogP contribution is 2.19. The normalized spacial score (nSPS) is 21.2. The molecule has 0 saturated carbocycles. The lowest BCUT2D eigenvalue weighted by Crippen LogP contribution is -2.15. The molecular formula is C14H18F2O2. The lowest BCUT2D eigenvalue weighted by atomic mass is 10.0. The predicted octanol–water partition coefficient (Wildman–Crippen LogP) is 2.83. The average Bonchev–Trinajstić information content (AvgIpc) is 2.77. The Kier molecular flexibility index (Phi) is 4.66. The van der Waals surface area contributed by atoms with Crippen molar-refractivity contribution in [2.24, 2.45) is 0 Å². The highest BCUT2D eigenvalue weighted by Gasteiger charge is 2.17. The van der Waals surface area contributed by atoms with Crippen molar-refractivity contribution in [1.29, 1.82) is 0 Å². The van der Waals surface area contributed by atoms with Gasteiger partial charge in [-0.3, -0.25) is 0 Å². The summed E-state index contributed by atoms with van der Waals surface area (Å²) >= 11 is 0. The summed E-state index contributed by atoms with van der Waals surface area (Å²) in [6.45, 7) is 0.801. The van der Waals surface area contributed by atoms with Crippen LogP contribution in [0.1, 0.15) is 31.2 Å². The van der Waals surface area contributed by atoms with Gasteiger partial charge in [-0.25, -0.2) is 8.78 Å². The molecule has 2 nitrogen and oxygen atoms in total. The Hall–Kier alpha value is -1.00. The first-order valence-corrected chi connectivity index (χ1v) is 6.38. The topological polar surface area (TPSA) is 29.5 Å². The predicted molar refractivity (Wildman–Crippen MR) is 64.3 cm³/mol. The molecule has 100 valence electrons. The van der Waals surface area contributed by atoms with E-state index in [0.29, 0.717) is 12.0 Å². The number of aliphatic hydroxyl groups is 1. The van der Waals surface area contributed by atoms with Crippen molar-refractivity contribution in [3.05, 3.63) is 35.4 Å². The third-order valence-electron chi connectivity index (χ3n) is 3.24. The average molecular weight is 256 g/mol. The molecule has 1 aromatic rings. The molecule has 0 aliphatic carbocycles. The molecule has 18 heavy (non-hydrogen) atoms. The smallest absolute Gasteiger partial charge is 0.126 e. The zero-order valence-corrected chi connectivity index (χ0v) is 10.2. The van der Waals surface area contributed by atoms with Crippen LogP contribution in [0.5, 0.6) is 0 Å². The molecule has 1 fully saturated rings. The largest absolute Gasteiger partial charge is 0.393 e. The fourth-order valence-electron chi connectivity index (χ4n) is 2.35. The fraction of sp³-hybridized carbons (Fsp3) is 0.571. The Balaban J connectivity index is 1.80. The summed E-state index contributed by atoms with van der Waals surface area (Å²) in [5.74, 6) is -1.20. The molecule has 1 N–H and O–H groups in total. The summed E-state index contributed by atoms with van der Waals surface area (Å²) in [5, 5.41) is 9.84. The summed E-state index contributed by atoms with van der Waals surface area (Å²) in [7, 11) is 0. The minimum absolute atomic E-state index is 0.240. The molecule has 1 saturated heterocycles. The SMILES string of the molecule is OC(CCC1CCCO1)Cc1cc(F)cc(F)c1. The summed E-state index contributed by atoms with van der Waals surface area (Å²) < 4.78 is 31.4. The van der Waals surface area contributed by atoms with Gasteiger partial charge in [-0.05, 0) is 49.8 Å². The standard InChI is InChI=1S/C14H18F2O2/c15-11-6-10(7-12(16)9-11)8-13(17)3-4-14-2-1-5-18-14/h6-7,9,13-14,17H,1-5,8H2. The van der Waals surface area contributed by atoms with Crippen LogP contribution < -0.4 is 0 Å². The van der Waals surface area contributed by atoms with Gasteiger partial charge in [0.1, 0.15) is 11.6 Å². The van der Waals surface area contributed by atoms with Crippen LogP contribution >= 0.6 is 0 Å². The molecule has 4 heteroatoms. The minimum atomic E-state index is -0.601. The quantitative estimate of drug-likeness (QED) is 0.877. The second-order valence-corrected chi connectivity index (χ2v) is 4.85. The third-order valence-corrected chi connectivity index (χ3v) is 3.24. The Morgan fingerprint density at radius 1 is 1.28 bits per heavy atom. The zero-order valence-electron chi connectivity index (χ0n) is 10.2. The van der Waals surface area contributed by atoms with E-state index in [1.165, 1.54) is 12.1 Å². The van der Waals surface area contributed by atoms with Crippen LogP contribution in [-0.4, -0.2) is 23.9 Å². The van der Waals surface area contributed by atoms with E-state index >= 15 is 0 Å². The molecule has 2 rings (SSSR count). The van der Waals surface area contributed by atoms with E-state index in [1.807, 2.05) is 0 Å². The Bertz CT molecular complexity index is 369. The third kappa shape index (κ3) is 4.03. The first-order chi connectivity index (χ1) is 8.63. The summed E-state index contributed by atoms with van der Waals surface area (Å²) in [4.78, 5) is 0. The molecule has 1 heterocycles. The highest BCUT2D eigenvalue weighted by atomic mass is 19.1. The van der Waals surface area contributed by atoms with Crippen LogP contribution in [0.15, 0.2) is 18.2 Å². The fourth-order valence-corrected chi connectivity index (χ4v) is 2.35. The van der Waals surface area contributed by atoms with Crippen LogP contribution in [0.25, 0.3) is 0 Å². The van der Waals surface area contributed by atoms with E-state index in [0.717, 1.165) is 31.9 Å². The van der Waals surface area contributed by atoms with E-state index in [9.17, 15) is 13.9 Å². The first-order valence-electron chi connectivity index (χ1n) is 6.38. The summed E-state index contributed by atoms with van der Waals surface area (Å²) in [6, 6.07) is 3.36. The van der Waals surface area contributed by atoms with Crippen molar-refractivity contribution in [1.82, 2.24) is 0 Å². The van der Waals surface area contributed by atoms with Gasteiger partial charge >= 0.3 is 0 Å². The van der Waals surface area contributed by atoms with Gasteiger partial charge in [-0.2, -0.15) is 0 Å². The molecule has 1 aliphatic heterocycles. The van der Waals surface area contributed by atoms with Crippen molar-refractivity contribution in [2.75, 3.05) is 6.61 Å². The van der Waals surface area contributed by atoms with E-state index in [2.05, 4.69) is 0 Å². The highest BCUT2D eigenvalue weighted by molar-refractivity contribution is 5.18. The van der Waals surface area contributed by atoms with Crippen molar-refractivity contribution >= 4 is 0 Å². The summed E-state index contributed by atoms with van der Waals surface area (Å²) in [5.41, 5.74) is 0.493. The van der Waals surface area contributed by atoms with Crippen molar-refractivity contribution < 1.29 is 18.6 Å². The van der Waals surface area contributed by atoms with Crippen LogP contribution in [-0.2, 0) is 11.2 Å².